The number of fused-ring (bicyclic) bond motifs is 1. The molecule has 4 rings (SSSR count). The average Bonchev–Trinajstić information content (AvgIpc) is 3.34. The van der Waals surface area contributed by atoms with Gasteiger partial charge in [0.25, 0.3) is 0 Å². The Morgan fingerprint density at radius 2 is 2.23 bits per heavy atom. The van der Waals surface area contributed by atoms with Crippen LogP contribution >= 0.6 is 22.7 Å². The number of rotatable bonds is 4. The van der Waals surface area contributed by atoms with Crippen LogP contribution in [0.15, 0.2) is 35.7 Å². The Labute approximate surface area is 159 Å². The van der Waals surface area contributed by atoms with E-state index in [1.807, 2.05) is 36.6 Å². The predicted octanol–water partition coefficient (Wildman–Crippen LogP) is 3.84. The van der Waals surface area contributed by atoms with Crippen molar-refractivity contribution in [3.05, 3.63) is 46.2 Å². The second-order valence-electron chi connectivity index (χ2n) is 6.48. The first kappa shape index (κ1) is 17.2. The minimum atomic E-state index is -0.406. The SMILES string of the molecule is Cc1ccc2nc(NC(=O)C3CCCN3C(=O)Cc3cccs3)sc2c1. The summed E-state index contributed by atoms with van der Waals surface area (Å²) < 4.78 is 1.05. The van der Waals surface area contributed by atoms with Gasteiger partial charge in [0.1, 0.15) is 6.04 Å². The van der Waals surface area contributed by atoms with Crippen LogP contribution < -0.4 is 5.32 Å². The number of aromatic nitrogens is 1. The van der Waals surface area contributed by atoms with E-state index in [0.29, 0.717) is 24.5 Å². The summed E-state index contributed by atoms with van der Waals surface area (Å²) >= 11 is 3.04. The third-order valence-electron chi connectivity index (χ3n) is 4.56. The van der Waals surface area contributed by atoms with E-state index in [2.05, 4.69) is 16.4 Å². The maximum absolute atomic E-state index is 12.7. The lowest BCUT2D eigenvalue weighted by molar-refractivity contribution is -0.136. The molecule has 2 amide bonds. The standard InChI is InChI=1S/C19H19N3O2S2/c1-12-6-7-14-16(10-12)26-19(20-14)21-18(24)15-5-2-8-22(15)17(23)11-13-4-3-9-25-13/h3-4,6-7,9-10,15H,2,5,8,11H2,1H3,(H,20,21,24). The maximum Gasteiger partial charge on any atom is 0.248 e. The topological polar surface area (TPSA) is 62.3 Å². The van der Waals surface area contributed by atoms with Gasteiger partial charge in [0, 0.05) is 11.4 Å². The van der Waals surface area contributed by atoms with E-state index in [9.17, 15) is 9.59 Å². The molecule has 3 heterocycles. The number of carbonyl (C=O) groups is 2. The van der Waals surface area contributed by atoms with Gasteiger partial charge in [-0.25, -0.2) is 4.98 Å². The summed E-state index contributed by atoms with van der Waals surface area (Å²) in [6.45, 7) is 2.67. The number of benzene rings is 1. The molecule has 1 unspecified atom stereocenters. The largest absolute Gasteiger partial charge is 0.330 e. The molecule has 3 aromatic rings. The molecule has 0 aliphatic carbocycles. The smallest absolute Gasteiger partial charge is 0.248 e. The zero-order chi connectivity index (χ0) is 18.1. The lowest BCUT2D eigenvalue weighted by atomic mass is 10.2. The van der Waals surface area contributed by atoms with Gasteiger partial charge in [0.05, 0.1) is 16.6 Å². The Kier molecular flexibility index (Phi) is 4.74. The molecule has 0 radical (unpaired) electrons. The number of thiophene rings is 1. The minimum absolute atomic E-state index is 0.0185. The summed E-state index contributed by atoms with van der Waals surface area (Å²) in [6.07, 6.45) is 1.92. The van der Waals surface area contributed by atoms with Crippen molar-refractivity contribution in [1.82, 2.24) is 9.88 Å². The third-order valence-corrected chi connectivity index (χ3v) is 6.37. The van der Waals surface area contributed by atoms with Gasteiger partial charge < -0.3 is 10.2 Å². The molecule has 2 aromatic heterocycles. The van der Waals surface area contributed by atoms with Crippen molar-refractivity contribution in [3.8, 4) is 0 Å². The highest BCUT2D eigenvalue weighted by Crippen LogP contribution is 2.28. The third kappa shape index (κ3) is 3.50. The Balaban J connectivity index is 1.46. The van der Waals surface area contributed by atoms with E-state index in [1.54, 1.807) is 16.2 Å². The van der Waals surface area contributed by atoms with E-state index in [4.69, 9.17) is 0 Å². The highest BCUT2D eigenvalue weighted by Gasteiger charge is 2.34. The first-order valence-corrected chi connectivity index (χ1v) is 10.3. The van der Waals surface area contributed by atoms with Gasteiger partial charge in [-0.3, -0.25) is 9.59 Å². The average molecular weight is 386 g/mol. The van der Waals surface area contributed by atoms with Crippen molar-refractivity contribution >= 4 is 49.8 Å². The number of amides is 2. The minimum Gasteiger partial charge on any atom is -0.330 e. The molecule has 5 nitrogen and oxygen atoms in total. The van der Waals surface area contributed by atoms with Gasteiger partial charge in [-0.15, -0.1) is 11.3 Å². The fraction of sp³-hybridized carbons (Fsp3) is 0.316. The second kappa shape index (κ2) is 7.17. The van der Waals surface area contributed by atoms with Gasteiger partial charge in [0.15, 0.2) is 5.13 Å². The van der Waals surface area contributed by atoms with Gasteiger partial charge in [-0.1, -0.05) is 23.5 Å². The number of hydrogen-bond donors (Lipinski definition) is 1. The summed E-state index contributed by atoms with van der Waals surface area (Å²) in [7, 11) is 0. The maximum atomic E-state index is 12.7. The van der Waals surface area contributed by atoms with Gasteiger partial charge >= 0.3 is 0 Å². The number of nitrogens with zero attached hydrogens (tertiary/aromatic N) is 2. The molecule has 0 saturated carbocycles. The van der Waals surface area contributed by atoms with E-state index < -0.39 is 6.04 Å². The Morgan fingerprint density at radius 3 is 3.04 bits per heavy atom. The van der Waals surface area contributed by atoms with Crippen LogP contribution in [0.5, 0.6) is 0 Å². The van der Waals surface area contributed by atoms with E-state index in [0.717, 1.165) is 21.5 Å². The summed E-state index contributed by atoms with van der Waals surface area (Å²) in [5.74, 6) is -0.122. The quantitative estimate of drug-likeness (QED) is 0.742. The molecule has 0 bridgehead atoms. The van der Waals surface area contributed by atoms with Crippen LogP contribution in [-0.2, 0) is 16.0 Å². The molecule has 1 atom stereocenters. The Hall–Kier alpha value is -2.25. The number of anilines is 1. The van der Waals surface area contributed by atoms with Crippen LogP contribution in [0.1, 0.15) is 23.3 Å². The van der Waals surface area contributed by atoms with Crippen molar-refractivity contribution in [2.75, 3.05) is 11.9 Å². The fourth-order valence-corrected chi connectivity index (χ4v) is 4.94. The first-order chi connectivity index (χ1) is 12.6. The molecule has 1 fully saturated rings. The van der Waals surface area contributed by atoms with Gasteiger partial charge in [0.2, 0.25) is 11.8 Å². The summed E-state index contributed by atoms with van der Waals surface area (Å²) in [4.78, 5) is 32.6. The number of carbonyl (C=O) groups excluding carboxylic acids is 2. The molecule has 1 aliphatic heterocycles. The van der Waals surface area contributed by atoms with Crippen LogP contribution in [0.2, 0.25) is 0 Å². The summed E-state index contributed by atoms with van der Waals surface area (Å²) in [5, 5.41) is 5.47. The van der Waals surface area contributed by atoms with Crippen LogP contribution in [0.4, 0.5) is 5.13 Å². The Bertz CT molecular complexity index is 949. The molecule has 7 heteroatoms. The van der Waals surface area contributed by atoms with E-state index in [1.165, 1.54) is 16.9 Å². The monoisotopic (exact) mass is 385 g/mol. The molecule has 134 valence electrons. The van der Waals surface area contributed by atoms with Crippen molar-refractivity contribution in [2.45, 2.75) is 32.2 Å². The van der Waals surface area contributed by atoms with Gasteiger partial charge in [-0.05, 0) is 48.9 Å². The van der Waals surface area contributed by atoms with Crippen LogP contribution in [0.25, 0.3) is 10.2 Å². The molecular formula is C19H19N3O2S2. The van der Waals surface area contributed by atoms with E-state index >= 15 is 0 Å². The highest BCUT2D eigenvalue weighted by molar-refractivity contribution is 7.22. The normalized spacial score (nSPS) is 17.0. The predicted molar refractivity (Wildman–Crippen MR) is 106 cm³/mol. The molecule has 0 spiro atoms. The first-order valence-electron chi connectivity index (χ1n) is 8.60. The van der Waals surface area contributed by atoms with E-state index in [-0.39, 0.29) is 11.8 Å². The summed E-state index contributed by atoms with van der Waals surface area (Å²) in [5.41, 5.74) is 2.05. The number of aryl methyl sites for hydroxylation is 1. The zero-order valence-corrected chi connectivity index (χ0v) is 16.0. The summed E-state index contributed by atoms with van der Waals surface area (Å²) in [6, 6.07) is 9.53. The second-order valence-corrected chi connectivity index (χ2v) is 8.54. The van der Waals surface area contributed by atoms with Crippen molar-refractivity contribution in [3.63, 3.8) is 0 Å². The molecule has 26 heavy (non-hydrogen) atoms. The van der Waals surface area contributed by atoms with Crippen molar-refractivity contribution in [2.24, 2.45) is 0 Å². The van der Waals surface area contributed by atoms with Gasteiger partial charge in [-0.2, -0.15) is 0 Å². The fourth-order valence-electron chi connectivity index (χ4n) is 3.28. The Morgan fingerprint density at radius 1 is 1.35 bits per heavy atom. The van der Waals surface area contributed by atoms with Crippen LogP contribution in [0, 0.1) is 6.92 Å². The number of nitrogens with one attached hydrogen (secondary N) is 1. The van der Waals surface area contributed by atoms with Crippen molar-refractivity contribution in [1.29, 1.82) is 0 Å². The number of hydrogen-bond acceptors (Lipinski definition) is 5. The lowest BCUT2D eigenvalue weighted by Crippen LogP contribution is -2.43. The molecule has 1 aliphatic rings. The number of thiazole rings is 1. The molecule has 1 aromatic carbocycles. The van der Waals surface area contributed by atoms with Crippen LogP contribution in [0.3, 0.4) is 0 Å². The highest BCUT2D eigenvalue weighted by atomic mass is 32.1. The molecular weight excluding hydrogens is 366 g/mol. The molecule has 1 saturated heterocycles. The number of likely N-dealkylation sites (tertiary alicyclic amines) is 1. The molecule has 1 N–H and O–H groups in total. The van der Waals surface area contributed by atoms with Crippen molar-refractivity contribution < 1.29 is 9.59 Å². The lowest BCUT2D eigenvalue weighted by Gasteiger charge is -2.23. The zero-order valence-electron chi connectivity index (χ0n) is 14.4. The van der Waals surface area contributed by atoms with Crippen LogP contribution in [-0.4, -0.2) is 34.3 Å².